The van der Waals surface area contributed by atoms with Crippen molar-refractivity contribution in [2.24, 2.45) is 5.73 Å². The molecule has 0 unspecified atom stereocenters. The molecule has 1 aromatic rings. The summed E-state index contributed by atoms with van der Waals surface area (Å²) in [7, 11) is 0. The third kappa shape index (κ3) is 2.30. The van der Waals surface area contributed by atoms with Crippen molar-refractivity contribution in [2.45, 2.75) is 24.9 Å². The van der Waals surface area contributed by atoms with E-state index in [0.717, 1.165) is 19.0 Å². The Morgan fingerprint density at radius 2 is 2.33 bits per heavy atom. The van der Waals surface area contributed by atoms with Gasteiger partial charge in [-0.1, -0.05) is 0 Å². The van der Waals surface area contributed by atoms with Gasteiger partial charge in [0.15, 0.2) is 0 Å². The molecule has 3 N–H and O–H groups in total. The number of rotatable bonds is 3. The minimum atomic E-state index is -0.667. The molecule has 0 aromatic carbocycles. The van der Waals surface area contributed by atoms with Gasteiger partial charge in [0.2, 0.25) is 5.91 Å². The monoisotopic (exact) mass is 209 g/mol. The third-order valence-electron chi connectivity index (χ3n) is 2.46. The summed E-state index contributed by atoms with van der Waals surface area (Å²) in [6.07, 6.45) is 2.59. The predicted octanol–water partition coefficient (Wildman–Crippen LogP) is 0.328. The number of carbonyl (C=O) groups excluding carboxylic acids is 1. The lowest BCUT2D eigenvalue weighted by atomic mass is 10.2. The van der Waals surface area contributed by atoms with Gasteiger partial charge < -0.3 is 11.1 Å². The molecule has 15 heavy (non-hydrogen) atoms. The fourth-order valence-corrected chi connectivity index (χ4v) is 1.22. The Bertz CT molecular complexity index is 373. The van der Waals surface area contributed by atoms with Crippen molar-refractivity contribution in [3.63, 3.8) is 0 Å². The summed E-state index contributed by atoms with van der Waals surface area (Å²) in [5, 5.41) is 2.67. The van der Waals surface area contributed by atoms with Crippen molar-refractivity contribution in [3.05, 3.63) is 29.8 Å². The maximum atomic E-state index is 12.5. The maximum Gasteiger partial charge on any atom is 0.240 e. The van der Waals surface area contributed by atoms with Gasteiger partial charge in [0.1, 0.15) is 5.82 Å². The second-order valence-corrected chi connectivity index (χ2v) is 3.81. The molecule has 0 saturated heterocycles. The van der Waals surface area contributed by atoms with E-state index in [1.54, 1.807) is 0 Å². The Hall–Kier alpha value is -1.49. The highest BCUT2D eigenvalue weighted by atomic mass is 19.1. The molecule has 0 atom stereocenters. The lowest BCUT2D eigenvalue weighted by Gasteiger charge is -2.09. The molecule has 1 saturated carbocycles. The molecule has 0 aliphatic heterocycles. The van der Waals surface area contributed by atoms with Crippen LogP contribution >= 0.6 is 0 Å². The van der Waals surface area contributed by atoms with E-state index in [4.69, 9.17) is 5.73 Å². The zero-order chi connectivity index (χ0) is 10.9. The first kappa shape index (κ1) is 10.0. The van der Waals surface area contributed by atoms with Crippen molar-refractivity contribution < 1.29 is 9.18 Å². The van der Waals surface area contributed by atoms with E-state index in [9.17, 15) is 9.18 Å². The van der Waals surface area contributed by atoms with Crippen LogP contribution in [0.1, 0.15) is 18.5 Å². The molecule has 80 valence electrons. The molecule has 0 radical (unpaired) electrons. The van der Waals surface area contributed by atoms with Crippen molar-refractivity contribution in [1.29, 1.82) is 0 Å². The van der Waals surface area contributed by atoms with Crippen LogP contribution in [0.25, 0.3) is 0 Å². The lowest BCUT2D eigenvalue weighted by molar-refractivity contribution is -0.123. The first-order chi connectivity index (χ1) is 7.10. The van der Waals surface area contributed by atoms with Crippen molar-refractivity contribution in [1.82, 2.24) is 10.3 Å². The highest BCUT2D eigenvalue weighted by Crippen LogP contribution is 2.32. The van der Waals surface area contributed by atoms with Crippen LogP contribution in [0.3, 0.4) is 0 Å². The number of nitrogens with one attached hydrogen (secondary N) is 1. The van der Waals surface area contributed by atoms with Crippen LogP contribution in [0, 0.1) is 5.82 Å². The predicted molar refractivity (Wildman–Crippen MR) is 52.2 cm³/mol. The number of amides is 1. The Kier molecular flexibility index (Phi) is 2.40. The third-order valence-corrected chi connectivity index (χ3v) is 2.46. The highest BCUT2D eigenvalue weighted by molar-refractivity contribution is 5.88. The van der Waals surface area contributed by atoms with E-state index in [0.29, 0.717) is 5.69 Å². The van der Waals surface area contributed by atoms with Gasteiger partial charge in [-0.25, -0.2) is 4.39 Å². The zero-order valence-electron chi connectivity index (χ0n) is 8.16. The van der Waals surface area contributed by atoms with E-state index in [2.05, 4.69) is 10.3 Å². The summed E-state index contributed by atoms with van der Waals surface area (Å²) < 4.78 is 12.5. The smallest absolute Gasteiger partial charge is 0.240 e. The standard InChI is InChI=1S/C10H12FN3O/c11-7-1-2-8(13-5-7)6-14-9(15)10(12)3-4-10/h1-2,5H,3-4,6,12H2,(H,14,15). The van der Waals surface area contributed by atoms with Gasteiger partial charge in [-0.3, -0.25) is 9.78 Å². The summed E-state index contributed by atoms with van der Waals surface area (Å²) >= 11 is 0. The molecule has 0 spiro atoms. The molecular weight excluding hydrogens is 197 g/mol. The van der Waals surface area contributed by atoms with E-state index in [-0.39, 0.29) is 18.3 Å². The number of hydrogen-bond donors (Lipinski definition) is 2. The summed E-state index contributed by atoms with van der Waals surface area (Å²) in [5.41, 5.74) is 5.64. The molecule has 4 nitrogen and oxygen atoms in total. The Morgan fingerprint density at radius 3 is 2.87 bits per heavy atom. The molecule has 1 aliphatic rings. The molecule has 2 rings (SSSR count). The van der Waals surface area contributed by atoms with Crippen LogP contribution in [0.15, 0.2) is 18.3 Å². The summed E-state index contributed by atoms with van der Waals surface area (Å²) in [6, 6.07) is 2.84. The average molecular weight is 209 g/mol. The van der Waals surface area contributed by atoms with Gasteiger partial charge in [-0.05, 0) is 25.0 Å². The van der Waals surface area contributed by atoms with Crippen LogP contribution in [0.2, 0.25) is 0 Å². The van der Waals surface area contributed by atoms with Crippen LogP contribution < -0.4 is 11.1 Å². The number of halogens is 1. The second kappa shape index (κ2) is 3.58. The number of hydrogen-bond acceptors (Lipinski definition) is 3. The van der Waals surface area contributed by atoms with Crippen LogP contribution in [-0.4, -0.2) is 16.4 Å². The molecule has 1 aromatic heterocycles. The lowest BCUT2D eigenvalue weighted by Crippen LogP contribution is -2.42. The van der Waals surface area contributed by atoms with E-state index >= 15 is 0 Å². The van der Waals surface area contributed by atoms with Gasteiger partial charge >= 0.3 is 0 Å². The van der Waals surface area contributed by atoms with E-state index in [1.807, 2.05) is 0 Å². The zero-order valence-corrected chi connectivity index (χ0v) is 8.16. The molecule has 1 fully saturated rings. The fourth-order valence-electron chi connectivity index (χ4n) is 1.22. The van der Waals surface area contributed by atoms with E-state index in [1.165, 1.54) is 12.1 Å². The first-order valence-electron chi connectivity index (χ1n) is 4.78. The molecule has 0 bridgehead atoms. The number of carbonyl (C=O) groups is 1. The van der Waals surface area contributed by atoms with Crippen LogP contribution in [0.5, 0.6) is 0 Å². The van der Waals surface area contributed by atoms with Gasteiger partial charge in [0, 0.05) is 0 Å². The van der Waals surface area contributed by atoms with Crippen LogP contribution in [0.4, 0.5) is 4.39 Å². The molecule has 1 amide bonds. The summed E-state index contributed by atoms with van der Waals surface area (Å²) in [4.78, 5) is 15.3. The number of aromatic nitrogens is 1. The van der Waals surface area contributed by atoms with Gasteiger partial charge in [-0.2, -0.15) is 0 Å². The molecule has 1 aliphatic carbocycles. The van der Waals surface area contributed by atoms with Crippen molar-refractivity contribution in [3.8, 4) is 0 Å². The quantitative estimate of drug-likeness (QED) is 0.753. The Labute approximate surface area is 86.7 Å². The average Bonchev–Trinajstić information content (AvgIpc) is 2.97. The largest absolute Gasteiger partial charge is 0.349 e. The van der Waals surface area contributed by atoms with E-state index < -0.39 is 5.54 Å². The number of nitrogens with zero attached hydrogens (tertiary/aromatic N) is 1. The van der Waals surface area contributed by atoms with Gasteiger partial charge in [0.25, 0.3) is 0 Å². The SMILES string of the molecule is NC1(C(=O)NCc2ccc(F)cn2)CC1. The summed E-state index contributed by atoms with van der Waals surface area (Å²) in [6.45, 7) is 0.290. The molecule has 1 heterocycles. The van der Waals surface area contributed by atoms with Crippen molar-refractivity contribution >= 4 is 5.91 Å². The number of nitrogens with two attached hydrogens (primary N) is 1. The number of pyridine rings is 1. The van der Waals surface area contributed by atoms with Gasteiger partial charge in [0.05, 0.1) is 24.0 Å². The van der Waals surface area contributed by atoms with Crippen molar-refractivity contribution in [2.75, 3.05) is 0 Å². The normalized spacial score (nSPS) is 17.2. The highest BCUT2D eigenvalue weighted by Gasteiger charge is 2.45. The maximum absolute atomic E-state index is 12.5. The summed E-state index contributed by atoms with van der Waals surface area (Å²) in [5.74, 6) is -0.545. The first-order valence-corrected chi connectivity index (χ1v) is 4.78. The minimum Gasteiger partial charge on any atom is -0.349 e. The topological polar surface area (TPSA) is 68.0 Å². The fraction of sp³-hybridized carbons (Fsp3) is 0.400. The minimum absolute atomic E-state index is 0.159. The molecular formula is C10H12FN3O. The Morgan fingerprint density at radius 1 is 1.60 bits per heavy atom. The van der Waals surface area contributed by atoms with Crippen LogP contribution in [-0.2, 0) is 11.3 Å². The second-order valence-electron chi connectivity index (χ2n) is 3.81. The van der Waals surface area contributed by atoms with Gasteiger partial charge in [-0.15, -0.1) is 0 Å². The Balaban J connectivity index is 1.88. The molecule has 5 heteroatoms.